The fraction of sp³-hybridized carbons (Fsp3) is 0.571. The minimum Gasteiger partial charge on any atom is -0.342 e. The minimum absolute atomic E-state index is 0.0183. The summed E-state index contributed by atoms with van der Waals surface area (Å²) < 4.78 is 13.8. The third kappa shape index (κ3) is 4.18. The number of piperidine rings is 1. The second-order valence-electron chi connectivity index (χ2n) is 8.24. The van der Waals surface area contributed by atoms with Crippen LogP contribution in [0.1, 0.15) is 45.1 Å². The van der Waals surface area contributed by atoms with Crippen LogP contribution in [0.2, 0.25) is 0 Å². The molecular formula is C21H28FN3O3. The molecule has 6 nitrogen and oxygen atoms in total. The molecular weight excluding hydrogens is 361 g/mol. The molecule has 0 spiro atoms. The maximum Gasteiger partial charge on any atom is 0.322 e. The summed E-state index contributed by atoms with van der Waals surface area (Å²) in [7, 11) is 0. The number of likely N-dealkylation sites (tertiary alicyclic amines) is 1. The largest absolute Gasteiger partial charge is 0.342 e. The van der Waals surface area contributed by atoms with E-state index >= 15 is 0 Å². The predicted molar refractivity (Wildman–Crippen MR) is 103 cm³/mol. The first-order chi connectivity index (χ1) is 13.3. The van der Waals surface area contributed by atoms with Crippen molar-refractivity contribution in [1.82, 2.24) is 15.5 Å². The van der Waals surface area contributed by atoms with E-state index in [1.165, 1.54) is 6.07 Å². The Kier molecular flexibility index (Phi) is 6.01. The molecule has 1 aromatic carbocycles. The van der Waals surface area contributed by atoms with Crippen LogP contribution in [0.3, 0.4) is 0 Å². The van der Waals surface area contributed by atoms with E-state index in [1.807, 2.05) is 0 Å². The average Bonchev–Trinajstić information content (AvgIpc) is 2.96. The zero-order valence-electron chi connectivity index (χ0n) is 16.5. The van der Waals surface area contributed by atoms with Crippen LogP contribution in [0.25, 0.3) is 0 Å². The fourth-order valence-corrected chi connectivity index (χ4v) is 4.23. The van der Waals surface area contributed by atoms with Crippen molar-refractivity contribution in [2.24, 2.45) is 11.8 Å². The lowest BCUT2D eigenvalue weighted by Crippen LogP contribution is -2.56. The highest BCUT2D eigenvalue weighted by Gasteiger charge is 2.51. The molecule has 28 heavy (non-hydrogen) atoms. The number of nitrogens with one attached hydrogen (secondary N) is 2. The molecule has 1 aromatic rings. The Morgan fingerprint density at radius 2 is 1.93 bits per heavy atom. The van der Waals surface area contributed by atoms with E-state index in [1.54, 1.807) is 23.1 Å². The lowest BCUT2D eigenvalue weighted by molar-refractivity contribution is -0.133. The Morgan fingerprint density at radius 1 is 1.25 bits per heavy atom. The molecule has 4 amide bonds. The lowest BCUT2D eigenvalue weighted by atomic mass is 9.74. The zero-order valence-corrected chi connectivity index (χ0v) is 16.5. The van der Waals surface area contributed by atoms with Crippen molar-refractivity contribution in [3.63, 3.8) is 0 Å². The number of urea groups is 1. The SMILES string of the molecule is CC(C)CCC1(C2CCN(C(=O)Cc3ccccc3F)CC2)NC(=O)NC1=O. The molecule has 0 saturated carbocycles. The highest BCUT2D eigenvalue weighted by Crippen LogP contribution is 2.35. The Bertz CT molecular complexity index is 759. The molecule has 2 saturated heterocycles. The number of halogens is 1. The summed E-state index contributed by atoms with van der Waals surface area (Å²) >= 11 is 0. The summed E-state index contributed by atoms with van der Waals surface area (Å²) in [5.41, 5.74) is -0.493. The van der Waals surface area contributed by atoms with E-state index in [2.05, 4.69) is 24.5 Å². The number of carbonyl (C=O) groups is 3. The van der Waals surface area contributed by atoms with Crippen molar-refractivity contribution >= 4 is 17.8 Å². The summed E-state index contributed by atoms with van der Waals surface area (Å²) in [6.07, 6.45) is 2.73. The summed E-state index contributed by atoms with van der Waals surface area (Å²) in [5.74, 6) is -0.336. The first-order valence-electron chi connectivity index (χ1n) is 9.96. The second-order valence-corrected chi connectivity index (χ2v) is 8.24. The Morgan fingerprint density at radius 3 is 2.50 bits per heavy atom. The van der Waals surface area contributed by atoms with Crippen LogP contribution in [0.5, 0.6) is 0 Å². The number of carbonyl (C=O) groups excluding carboxylic acids is 3. The molecule has 2 N–H and O–H groups in total. The number of nitrogens with zero attached hydrogens (tertiary/aromatic N) is 1. The summed E-state index contributed by atoms with van der Waals surface area (Å²) in [6.45, 7) is 5.19. The van der Waals surface area contributed by atoms with Crippen molar-refractivity contribution in [3.05, 3.63) is 35.6 Å². The van der Waals surface area contributed by atoms with Crippen molar-refractivity contribution in [1.29, 1.82) is 0 Å². The van der Waals surface area contributed by atoms with E-state index in [0.717, 1.165) is 6.42 Å². The van der Waals surface area contributed by atoms with Gasteiger partial charge in [0.2, 0.25) is 5.91 Å². The lowest BCUT2D eigenvalue weighted by Gasteiger charge is -2.41. The highest BCUT2D eigenvalue weighted by molar-refractivity contribution is 6.07. The first kappa shape index (κ1) is 20.3. The van der Waals surface area contributed by atoms with Crippen LogP contribution in [-0.2, 0) is 16.0 Å². The number of hydrogen-bond acceptors (Lipinski definition) is 3. The van der Waals surface area contributed by atoms with E-state index in [9.17, 15) is 18.8 Å². The second kappa shape index (κ2) is 8.29. The summed E-state index contributed by atoms with van der Waals surface area (Å²) in [5, 5.41) is 5.27. The summed E-state index contributed by atoms with van der Waals surface area (Å²) in [4.78, 5) is 38.7. The zero-order chi connectivity index (χ0) is 20.3. The normalized spacial score (nSPS) is 23.1. The fourth-order valence-electron chi connectivity index (χ4n) is 4.23. The molecule has 0 radical (unpaired) electrons. The Hall–Kier alpha value is -2.44. The van der Waals surface area contributed by atoms with Gasteiger partial charge in [-0.25, -0.2) is 9.18 Å². The number of rotatable bonds is 6. The van der Waals surface area contributed by atoms with Gasteiger partial charge in [-0.1, -0.05) is 32.0 Å². The van der Waals surface area contributed by atoms with Crippen LogP contribution in [0.15, 0.2) is 24.3 Å². The molecule has 2 aliphatic heterocycles. The van der Waals surface area contributed by atoms with Crippen LogP contribution in [0, 0.1) is 17.7 Å². The summed E-state index contributed by atoms with van der Waals surface area (Å²) in [6, 6.07) is 5.87. The number of imide groups is 1. The molecule has 2 heterocycles. The molecule has 2 aliphatic rings. The van der Waals surface area contributed by atoms with E-state index in [-0.39, 0.29) is 30.0 Å². The van der Waals surface area contributed by atoms with Crippen LogP contribution < -0.4 is 10.6 Å². The van der Waals surface area contributed by atoms with Crippen molar-refractivity contribution in [2.45, 2.75) is 51.5 Å². The monoisotopic (exact) mass is 389 g/mol. The van der Waals surface area contributed by atoms with Crippen LogP contribution in [-0.4, -0.2) is 41.4 Å². The van der Waals surface area contributed by atoms with Gasteiger partial charge in [0, 0.05) is 13.1 Å². The van der Waals surface area contributed by atoms with Gasteiger partial charge in [-0.3, -0.25) is 14.9 Å². The van der Waals surface area contributed by atoms with Gasteiger partial charge in [0.05, 0.1) is 6.42 Å². The van der Waals surface area contributed by atoms with Gasteiger partial charge in [0.15, 0.2) is 0 Å². The third-order valence-electron chi connectivity index (χ3n) is 5.93. The van der Waals surface area contributed by atoms with Crippen molar-refractivity contribution in [3.8, 4) is 0 Å². The maximum absolute atomic E-state index is 13.8. The van der Waals surface area contributed by atoms with Gasteiger partial charge in [-0.05, 0) is 49.1 Å². The van der Waals surface area contributed by atoms with E-state index in [0.29, 0.717) is 43.8 Å². The quantitative estimate of drug-likeness (QED) is 0.734. The van der Waals surface area contributed by atoms with Crippen molar-refractivity contribution < 1.29 is 18.8 Å². The molecule has 0 aromatic heterocycles. The predicted octanol–water partition coefficient (Wildman–Crippen LogP) is 2.62. The minimum atomic E-state index is -0.887. The molecule has 1 atom stereocenters. The van der Waals surface area contributed by atoms with E-state index in [4.69, 9.17) is 0 Å². The average molecular weight is 389 g/mol. The Balaban J connectivity index is 1.64. The Labute approximate surface area is 164 Å². The van der Waals surface area contributed by atoms with Gasteiger partial charge in [0.1, 0.15) is 11.4 Å². The molecule has 0 bridgehead atoms. The molecule has 2 fully saturated rings. The molecule has 0 aliphatic carbocycles. The van der Waals surface area contributed by atoms with Crippen LogP contribution >= 0.6 is 0 Å². The highest BCUT2D eigenvalue weighted by atomic mass is 19.1. The van der Waals surface area contributed by atoms with Gasteiger partial charge in [-0.2, -0.15) is 0 Å². The van der Waals surface area contributed by atoms with Gasteiger partial charge in [-0.15, -0.1) is 0 Å². The smallest absolute Gasteiger partial charge is 0.322 e. The molecule has 1 unspecified atom stereocenters. The van der Waals surface area contributed by atoms with E-state index < -0.39 is 11.6 Å². The topological polar surface area (TPSA) is 78.5 Å². The number of amides is 4. The van der Waals surface area contributed by atoms with Gasteiger partial charge in [0.25, 0.3) is 5.91 Å². The number of hydrogen-bond donors (Lipinski definition) is 2. The van der Waals surface area contributed by atoms with Gasteiger partial charge < -0.3 is 10.2 Å². The first-order valence-corrected chi connectivity index (χ1v) is 9.96. The van der Waals surface area contributed by atoms with Crippen LogP contribution in [0.4, 0.5) is 9.18 Å². The standard InChI is InChI=1S/C21H28FN3O3/c1-14(2)7-10-21(19(27)23-20(28)24-21)16-8-11-25(12-9-16)18(26)13-15-5-3-4-6-17(15)22/h3-6,14,16H,7-13H2,1-2H3,(H2,23,24,27,28). The third-order valence-corrected chi connectivity index (χ3v) is 5.93. The van der Waals surface area contributed by atoms with Gasteiger partial charge >= 0.3 is 6.03 Å². The molecule has 7 heteroatoms. The van der Waals surface area contributed by atoms with Crippen molar-refractivity contribution in [2.75, 3.05) is 13.1 Å². The molecule has 152 valence electrons. The molecule has 3 rings (SSSR count). The number of benzene rings is 1. The maximum atomic E-state index is 13.8.